The zero-order valence-corrected chi connectivity index (χ0v) is 16.1. The van der Waals surface area contributed by atoms with Gasteiger partial charge in [-0.15, -0.1) is 0 Å². The highest BCUT2D eigenvalue weighted by molar-refractivity contribution is 5.81. The summed E-state index contributed by atoms with van der Waals surface area (Å²) in [7, 11) is 0. The number of aromatic nitrogens is 5. The first kappa shape index (κ1) is 18.5. The Balaban J connectivity index is 2.00. The Morgan fingerprint density at radius 1 is 0.862 bits per heavy atom. The Labute approximate surface area is 167 Å². The minimum absolute atomic E-state index is 0.0813. The molecule has 1 aromatic carbocycles. The zero-order valence-electron chi connectivity index (χ0n) is 16.1. The van der Waals surface area contributed by atoms with E-state index in [9.17, 15) is 4.79 Å². The van der Waals surface area contributed by atoms with Crippen LogP contribution < -0.4 is 11.3 Å². The fourth-order valence-electron chi connectivity index (χ4n) is 3.06. The first-order valence-electron chi connectivity index (χ1n) is 9.28. The quantitative estimate of drug-likeness (QED) is 0.577. The normalized spacial score (nSPS) is 11.0. The molecule has 0 saturated heterocycles. The SMILES string of the molecule is CC(C)n1nc(-c2nc(-c3cccnc3)c(N)nc2-c2ccccc2)ccc1=O. The van der Waals surface area contributed by atoms with E-state index in [0.29, 0.717) is 28.6 Å². The van der Waals surface area contributed by atoms with Crippen molar-refractivity contribution < 1.29 is 0 Å². The zero-order chi connectivity index (χ0) is 20.4. The molecule has 7 nitrogen and oxygen atoms in total. The van der Waals surface area contributed by atoms with Crippen LogP contribution in [0.5, 0.6) is 0 Å². The van der Waals surface area contributed by atoms with Gasteiger partial charge in [-0.25, -0.2) is 14.6 Å². The van der Waals surface area contributed by atoms with E-state index < -0.39 is 0 Å². The molecule has 0 atom stereocenters. The van der Waals surface area contributed by atoms with Gasteiger partial charge in [0.05, 0.1) is 6.04 Å². The third-order valence-corrected chi connectivity index (χ3v) is 4.46. The second-order valence-corrected chi connectivity index (χ2v) is 6.86. The molecule has 2 N–H and O–H groups in total. The number of benzene rings is 1. The summed E-state index contributed by atoms with van der Waals surface area (Å²) in [4.78, 5) is 25.8. The number of nitrogen functional groups attached to an aromatic ring is 1. The molecule has 0 aliphatic rings. The molecular formula is C22H20N6O. The molecule has 0 amide bonds. The van der Waals surface area contributed by atoms with Crippen molar-refractivity contribution >= 4 is 5.82 Å². The van der Waals surface area contributed by atoms with Crippen molar-refractivity contribution in [2.75, 3.05) is 5.73 Å². The van der Waals surface area contributed by atoms with Gasteiger partial charge in [0.15, 0.2) is 5.82 Å². The molecule has 144 valence electrons. The van der Waals surface area contributed by atoms with Crippen LogP contribution in [0.25, 0.3) is 33.9 Å². The standard InChI is InChI=1S/C22H20N6O/c1-14(2)28-18(29)11-10-17(27-28)21-19(15-7-4-3-5-8-15)26-22(23)20(25-21)16-9-6-12-24-13-16/h3-14H,1-2H3,(H2,23,26). The molecule has 0 unspecified atom stereocenters. The number of rotatable bonds is 4. The first-order chi connectivity index (χ1) is 14.0. The van der Waals surface area contributed by atoms with Crippen LogP contribution >= 0.6 is 0 Å². The van der Waals surface area contributed by atoms with Gasteiger partial charge in [-0.1, -0.05) is 30.3 Å². The molecule has 0 bridgehead atoms. The first-order valence-corrected chi connectivity index (χ1v) is 9.28. The summed E-state index contributed by atoms with van der Waals surface area (Å²) in [5.41, 5.74) is 9.96. The van der Waals surface area contributed by atoms with Crippen LogP contribution in [0.15, 0.2) is 71.8 Å². The molecular weight excluding hydrogens is 364 g/mol. The van der Waals surface area contributed by atoms with E-state index in [1.807, 2.05) is 56.3 Å². The Morgan fingerprint density at radius 2 is 1.62 bits per heavy atom. The molecule has 7 heteroatoms. The van der Waals surface area contributed by atoms with Crippen LogP contribution in [0.1, 0.15) is 19.9 Å². The molecule has 29 heavy (non-hydrogen) atoms. The van der Waals surface area contributed by atoms with Crippen molar-refractivity contribution in [2.24, 2.45) is 0 Å². The lowest BCUT2D eigenvalue weighted by molar-refractivity contribution is 0.504. The van der Waals surface area contributed by atoms with Crippen LogP contribution in [0.2, 0.25) is 0 Å². The van der Waals surface area contributed by atoms with Gasteiger partial charge in [-0.2, -0.15) is 5.10 Å². The predicted molar refractivity (Wildman–Crippen MR) is 113 cm³/mol. The van der Waals surface area contributed by atoms with Crippen molar-refractivity contribution in [3.63, 3.8) is 0 Å². The van der Waals surface area contributed by atoms with Gasteiger partial charge >= 0.3 is 0 Å². The van der Waals surface area contributed by atoms with Crippen molar-refractivity contribution in [3.05, 3.63) is 77.3 Å². The van der Waals surface area contributed by atoms with E-state index >= 15 is 0 Å². The van der Waals surface area contributed by atoms with Gasteiger partial charge in [0, 0.05) is 29.6 Å². The molecule has 3 heterocycles. The number of hydrogen-bond acceptors (Lipinski definition) is 6. The lowest BCUT2D eigenvalue weighted by Crippen LogP contribution is -2.24. The molecule has 4 rings (SSSR count). The van der Waals surface area contributed by atoms with E-state index in [2.05, 4.69) is 15.1 Å². The third kappa shape index (κ3) is 3.62. The highest BCUT2D eigenvalue weighted by Crippen LogP contribution is 2.32. The van der Waals surface area contributed by atoms with Gasteiger partial charge in [-0.05, 0) is 32.0 Å². The average Bonchev–Trinajstić information content (AvgIpc) is 2.75. The topological polar surface area (TPSA) is 99.6 Å². The number of hydrogen-bond donors (Lipinski definition) is 1. The second kappa shape index (κ2) is 7.63. The van der Waals surface area contributed by atoms with E-state index in [-0.39, 0.29) is 11.6 Å². The molecule has 0 radical (unpaired) electrons. The largest absolute Gasteiger partial charge is 0.382 e. The lowest BCUT2D eigenvalue weighted by Gasteiger charge is -2.14. The summed E-state index contributed by atoms with van der Waals surface area (Å²) >= 11 is 0. The number of nitrogens with two attached hydrogens (primary N) is 1. The van der Waals surface area contributed by atoms with Gasteiger partial charge in [0.2, 0.25) is 0 Å². The second-order valence-electron chi connectivity index (χ2n) is 6.86. The monoisotopic (exact) mass is 384 g/mol. The third-order valence-electron chi connectivity index (χ3n) is 4.46. The molecule has 0 aliphatic carbocycles. The fourth-order valence-corrected chi connectivity index (χ4v) is 3.06. The molecule has 0 aliphatic heterocycles. The number of anilines is 1. The van der Waals surface area contributed by atoms with Crippen molar-refractivity contribution in [1.29, 1.82) is 0 Å². The Kier molecular flexibility index (Phi) is 4.87. The number of pyridine rings is 1. The van der Waals surface area contributed by atoms with Crippen molar-refractivity contribution in [3.8, 4) is 33.9 Å². The molecule has 0 fully saturated rings. The average molecular weight is 384 g/mol. The summed E-state index contributed by atoms with van der Waals surface area (Å²) in [6.45, 7) is 3.82. The summed E-state index contributed by atoms with van der Waals surface area (Å²) < 4.78 is 1.44. The predicted octanol–water partition coefficient (Wildman–Crippen LogP) is 3.59. The van der Waals surface area contributed by atoms with Gasteiger partial charge in [-0.3, -0.25) is 9.78 Å². The van der Waals surface area contributed by atoms with E-state index in [4.69, 9.17) is 10.7 Å². The number of nitrogens with zero attached hydrogens (tertiary/aromatic N) is 5. The maximum Gasteiger partial charge on any atom is 0.267 e. The van der Waals surface area contributed by atoms with Crippen molar-refractivity contribution in [2.45, 2.75) is 19.9 Å². The van der Waals surface area contributed by atoms with Crippen LogP contribution in [0, 0.1) is 0 Å². The van der Waals surface area contributed by atoms with Gasteiger partial charge < -0.3 is 5.73 Å². The highest BCUT2D eigenvalue weighted by atomic mass is 16.1. The fraction of sp³-hybridized carbons (Fsp3) is 0.136. The minimum atomic E-state index is -0.166. The Bertz CT molecular complexity index is 1200. The smallest absolute Gasteiger partial charge is 0.267 e. The molecule has 4 aromatic rings. The summed E-state index contributed by atoms with van der Waals surface area (Å²) in [5, 5.41) is 4.54. The summed E-state index contributed by atoms with van der Waals surface area (Å²) in [6, 6.07) is 16.4. The minimum Gasteiger partial charge on any atom is -0.382 e. The van der Waals surface area contributed by atoms with E-state index in [1.54, 1.807) is 18.5 Å². The van der Waals surface area contributed by atoms with Crippen LogP contribution in [-0.2, 0) is 0 Å². The van der Waals surface area contributed by atoms with Crippen molar-refractivity contribution in [1.82, 2.24) is 24.7 Å². The summed E-state index contributed by atoms with van der Waals surface area (Å²) in [6.07, 6.45) is 3.38. The van der Waals surface area contributed by atoms with E-state index in [0.717, 1.165) is 11.1 Å². The molecule has 3 aromatic heterocycles. The molecule has 0 spiro atoms. The van der Waals surface area contributed by atoms with Crippen LogP contribution in [-0.4, -0.2) is 24.7 Å². The van der Waals surface area contributed by atoms with Gasteiger partial charge in [0.25, 0.3) is 5.56 Å². The van der Waals surface area contributed by atoms with Crippen LogP contribution in [0.3, 0.4) is 0 Å². The Hall–Kier alpha value is -3.87. The maximum atomic E-state index is 12.2. The molecule has 0 saturated carbocycles. The maximum absolute atomic E-state index is 12.2. The highest BCUT2D eigenvalue weighted by Gasteiger charge is 2.18. The summed E-state index contributed by atoms with van der Waals surface area (Å²) in [5.74, 6) is 0.304. The van der Waals surface area contributed by atoms with E-state index in [1.165, 1.54) is 10.7 Å². The van der Waals surface area contributed by atoms with Gasteiger partial charge in [0.1, 0.15) is 22.8 Å². The lowest BCUT2D eigenvalue weighted by atomic mass is 10.1. The Morgan fingerprint density at radius 3 is 2.31 bits per heavy atom. The van der Waals surface area contributed by atoms with Crippen LogP contribution in [0.4, 0.5) is 5.82 Å².